The van der Waals surface area contributed by atoms with E-state index in [4.69, 9.17) is 0 Å². The van der Waals surface area contributed by atoms with Gasteiger partial charge in [0, 0.05) is 5.54 Å². The van der Waals surface area contributed by atoms with E-state index in [1.807, 2.05) is 0 Å². The molecule has 0 saturated carbocycles. The van der Waals surface area contributed by atoms with Gasteiger partial charge in [0.15, 0.2) is 0 Å². The maximum absolute atomic E-state index is 3.88. The summed E-state index contributed by atoms with van der Waals surface area (Å²) >= 11 is 0. The standard InChI is InChI=1S/C15H29NSi/c1-14(2,3)12-10-9-11-13(12)17(7,8)16-15(4,5)6/h9-10,16H,11H2,1-8H3. The van der Waals surface area contributed by atoms with E-state index < -0.39 is 8.24 Å². The summed E-state index contributed by atoms with van der Waals surface area (Å²) in [5.74, 6) is 0. The zero-order chi connectivity index (χ0) is 13.5. The Morgan fingerprint density at radius 2 is 1.59 bits per heavy atom. The highest BCUT2D eigenvalue weighted by atomic mass is 28.3. The smallest absolute Gasteiger partial charge is 0.148 e. The van der Waals surface area contributed by atoms with Gasteiger partial charge in [-0.15, -0.1) is 0 Å². The first-order valence-corrected chi connectivity index (χ1v) is 9.63. The summed E-state index contributed by atoms with van der Waals surface area (Å²) in [4.78, 5) is 3.88. The summed E-state index contributed by atoms with van der Waals surface area (Å²) in [5, 5.41) is 1.68. The normalized spacial score (nSPS) is 18.1. The van der Waals surface area contributed by atoms with E-state index in [1.54, 1.807) is 10.8 Å². The molecular weight excluding hydrogens is 222 g/mol. The van der Waals surface area contributed by atoms with E-state index in [0.29, 0.717) is 0 Å². The second-order valence-electron chi connectivity index (χ2n) is 7.75. The first-order chi connectivity index (χ1) is 7.43. The summed E-state index contributed by atoms with van der Waals surface area (Å²) in [6, 6.07) is 0. The molecule has 1 rings (SSSR count). The minimum Gasteiger partial charge on any atom is -0.329 e. The van der Waals surface area contributed by atoms with Crippen molar-refractivity contribution >= 4 is 8.24 Å². The van der Waals surface area contributed by atoms with Crippen molar-refractivity contribution in [3.05, 3.63) is 22.9 Å². The molecule has 0 atom stereocenters. The second-order valence-corrected chi connectivity index (χ2v) is 11.9. The summed E-state index contributed by atoms with van der Waals surface area (Å²) in [6.07, 6.45) is 5.82. The van der Waals surface area contributed by atoms with Gasteiger partial charge in [-0.05, 0) is 38.2 Å². The number of rotatable bonds is 2. The predicted molar refractivity (Wildman–Crippen MR) is 80.6 cm³/mol. The first kappa shape index (κ1) is 14.7. The second kappa shape index (κ2) is 4.40. The van der Waals surface area contributed by atoms with Crippen LogP contribution in [0.3, 0.4) is 0 Å². The number of hydrogen-bond acceptors (Lipinski definition) is 1. The third-order valence-electron chi connectivity index (χ3n) is 3.18. The quantitative estimate of drug-likeness (QED) is 0.716. The topological polar surface area (TPSA) is 12.0 Å². The molecule has 0 unspecified atom stereocenters. The molecule has 0 aromatic rings. The number of hydrogen-bond donors (Lipinski definition) is 1. The van der Waals surface area contributed by atoms with E-state index in [1.165, 1.54) is 0 Å². The Bertz CT molecular complexity index is 348. The number of nitrogens with one attached hydrogen (secondary N) is 1. The van der Waals surface area contributed by atoms with Crippen molar-refractivity contribution in [2.24, 2.45) is 5.41 Å². The van der Waals surface area contributed by atoms with Crippen LogP contribution in [0.15, 0.2) is 22.9 Å². The van der Waals surface area contributed by atoms with Crippen molar-refractivity contribution in [1.82, 2.24) is 4.98 Å². The van der Waals surface area contributed by atoms with E-state index in [2.05, 4.69) is 71.8 Å². The van der Waals surface area contributed by atoms with Crippen molar-refractivity contribution in [3.63, 3.8) is 0 Å². The Morgan fingerprint density at radius 3 is 2.00 bits per heavy atom. The maximum atomic E-state index is 3.88. The SMILES string of the molecule is CC(C)(C)N[Si](C)(C)C1=C(C(C)(C)C)C=CC1. The Hall–Kier alpha value is -0.343. The Balaban J connectivity index is 3.07. The molecule has 0 aliphatic heterocycles. The van der Waals surface area contributed by atoms with Crippen molar-refractivity contribution in [1.29, 1.82) is 0 Å². The highest BCUT2D eigenvalue weighted by Gasteiger charge is 2.35. The van der Waals surface area contributed by atoms with Crippen LogP contribution in [-0.4, -0.2) is 13.8 Å². The van der Waals surface area contributed by atoms with E-state index in [0.717, 1.165) is 6.42 Å². The van der Waals surface area contributed by atoms with Gasteiger partial charge >= 0.3 is 0 Å². The summed E-state index contributed by atoms with van der Waals surface area (Å²) in [7, 11) is -1.51. The van der Waals surface area contributed by atoms with E-state index in [9.17, 15) is 0 Å². The van der Waals surface area contributed by atoms with Crippen molar-refractivity contribution < 1.29 is 0 Å². The lowest BCUT2D eigenvalue weighted by Gasteiger charge is -2.37. The predicted octanol–water partition coefficient (Wildman–Crippen LogP) is 4.42. The van der Waals surface area contributed by atoms with E-state index in [-0.39, 0.29) is 11.0 Å². The van der Waals surface area contributed by atoms with Crippen LogP contribution < -0.4 is 4.98 Å². The Kier molecular flexibility index (Phi) is 3.81. The van der Waals surface area contributed by atoms with E-state index >= 15 is 0 Å². The van der Waals surface area contributed by atoms with Crippen LogP contribution >= 0.6 is 0 Å². The molecule has 0 aromatic carbocycles. The van der Waals surface area contributed by atoms with Crippen LogP contribution in [0.25, 0.3) is 0 Å². The van der Waals surface area contributed by atoms with Gasteiger partial charge in [0.1, 0.15) is 8.24 Å². The average molecular weight is 251 g/mol. The minimum atomic E-state index is -1.51. The zero-order valence-electron chi connectivity index (χ0n) is 12.9. The van der Waals surface area contributed by atoms with Crippen LogP contribution in [0.4, 0.5) is 0 Å². The van der Waals surface area contributed by atoms with Gasteiger partial charge in [-0.1, -0.05) is 51.2 Å². The van der Waals surface area contributed by atoms with Crippen molar-refractivity contribution in [2.75, 3.05) is 0 Å². The summed E-state index contributed by atoms with van der Waals surface area (Å²) < 4.78 is 0. The first-order valence-electron chi connectivity index (χ1n) is 6.63. The molecule has 2 heteroatoms. The number of allylic oxidation sites excluding steroid dienone is 4. The van der Waals surface area contributed by atoms with Crippen LogP contribution in [0.2, 0.25) is 13.1 Å². The molecule has 0 fully saturated rings. The fourth-order valence-electron chi connectivity index (χ4n) is 2.81. The van der Waals surface area contributed by atoms with Gasteiger partial charge in [0.2, 0.25) is 0 Å². The molecule has 1 aliphatic carbocycles. The van der Waals surface area contributed by atoms with Crippen molar-refractivity contribution in [2.45, 2.75) is 66.6 Å². The summed E-state index contributed by atoms with van der Waals surface area (Å²) in [6.45, 7) is 18.6. The molecular formula is C15H29NSi. The van der Waals surface area contributed by atoms with Crippen LogP contribution in [-0.2, 0) is 0 Å². The van der Waals surface area contributed by atoms with Gasteiger partial charge in [-0.25, -0.2) is 0 Å². The Labute approximate surface area is 108 Å². The Morgan fingerprint density at radius 1 is 1.06 bits per heavy atom. The molecule has 0 saturated heterocycles. The third-order valence-corrected chi connectivity index (χ3v) is 6.54. The zero-order valence-corrected chi connectivity index (χ0v) is 13.9. The van der Waals surface area contributed by atoms with Gasteiger partial charge in [-0.2, -0.15) is 0 Å². The van der Waals surface area contributed by atoms with Crippen LogP contribution in [0, 0.1) is 5.41 Å². The van der Waals surface area contributed by atoms with Crippen LogP contribution in [0.5, 0.6) is 0 Å². The molecule has 0 radical (unpaired) electrons. The molecule has 1 nitrogen and oxygen atoms in total. The lowest BCUT2D eigenvalue weighted by molar-refractivity contribution is 0.505. The lowest BCUT2D eigenvalue weighted by atomic mass is 9.87. The molecule has 0 amide bonds. The van der Waals surface area contributed by atoms with Gasteiger partial charge in [0.25, 0.3) is 0 Å². The minimum absolute atomic E-state index is 0.203. The highest BCUT2D eigenvalue weighted by Crippen LogP contribution is 2.38. The summed E-state index contributed by atoms with van der Waals surface area (Å²) in [5.41, 5.74) is 2.03. The largest absolute Gasteiger partial charge is 0.329 e. The molecule has 1 aliphatic rings. The molecule has 0 bridgehead atoms. The van der Waals surface area contributed by atoms with Gasteiger partial charge < -0.3 is 4.98 Å². The van der Waals surface area contributed by atoms with Gasteiger partial charge in [0.05, 0.1) is 0 Å². The average Bonchev–Trinajstić information content (AvgIpc) is 2.44. The molecule has 17 heavy (non-hydrogen) atoms. The van der Waals surface area contributed by atoms with Crippen molar-refractivity contribution in [3.8, 4) is 0 Å². The molecule has 0 spiro atoms. The van der Waals surface area contributed by atoms with Crippen LogP contribution in [0.1, 0.15) is 48.0 Å². The maximum Gasteiger partial charge on any atom is 0.148 e. The molecule has 1 N–H and O–H groups in total. The monoisotopic (exact) mass is 251 g/mol. The molecule has 0 aromatic heterocycles. The fourth-order valence-corrected chi connectivity index (χ4v) is 6.60. The highest BCUT2D eigenvalue weighted by molar-refractivity contribution is 6.82. The lowest BCUT2D eigenvalue weighted by Crippen LogP contribution is -2.56. The van der Waals surface area contributed by atoms with Gasteiger partial charge in [-0.3, -0.25) is 0 Å². The fraction of sp³-hybridized carbons (Fsp3) is 0.733. The molecule has 0 heterocycles. The third kappa shape index (κ3) is 3.82. The molecule has 98 valence electrons.